The van der Waals surface area contributed by atoms with Gasteiger partial charge in [0.05, 0.1) is 19.3 Å². The molecule has 1 aliphatic rings. The van der Waals surface area contributed by atoms with Gasteiger partial charge in [0, 0.05) is 43.7 Å². The summed E-state index contributed by atoms with van der Waals surface area (Å²) < 4.78 is 32.6. The van der Waals surface area contributed by atoms with Crippen LogP contribution in [0, 0.1) is 11.6 Å². The van der Waals surface area contributed by atoms with Crippen molar-refractivity contribution in [2.45, 2.75) is 12.6 Å². The van der Waals surface area contributed by atoms with Crippen LogP contribution in [0.5, 0.6) is 0 Å². The molecular formula is C19H24F2N4OS. The molecule has 0 saturated carbocycles. The lowest BCUT2D eigenvalue weighted by Crippen LogP contribution is -2.46. The third-order valence-electron chi connectivity index (χ3n) is 4.50. The number of hydrogen-bond donors (Lipinski definition) is 2. The smallest absolute Gasteiger partial charge is 0.191 e. The molecule has 0 bridgehead atoms. The maximum Gasteiger partial charge on any atom is 0.191 e. The van der Waals surface area contributed by atoms with Crippen molar-refractivity contribution < 1.29 is 13.5 Å². The van der Waals surface area contributed by atoms with Crippen molar-refractivity contribution in [2.24, 2.45) is 4.99 Å². The number of guanidine groups is 1. The third kappa shape index (κ3) is 5.47. The third-order valence-corrected chi connectivity index (χ3v) is 5.47. The maximum atomic E-state index is 13.8. The predicted octanol–water partition coefficient (Wildman–Crippen LogP) is 2.76. The number of aliphatic imine (C=N–C) groups is 1. The van der Waals surface area contributed by atoms with E-state index in [1.54, 1.807) is 18.4 Å². The molecule has 2 N–H and O–H groups in total. The van der Waals surface area contributed by atoms with Crippen LogP contribution >= 0.6 is 11.3 Å². The van der Waals surface area contributed by atoms with Gasteiger partial charge in [-0.05, 0) is 29.6 Å². The Labute approximate surface area is 162 Å². The predicted molar refractivity (Wildman–Crippen MR) is 104 cm³/mol. The molecule has 2 aromatic rings. The van der Waals surface area contributed by atoms with E-state index in [1.165, 1.54) is 10.9 Å². The molecule has 1 unspecified atom stereocenters. The van der Waals surface area contributed by atoms with Crippen molar-refractivity contribution in [3.8, 4) is 0 Å². The molecule has 1 atom stereocenters. The van der Waals surface area contributed by atoms with Gasteiger partial charge in [-0.25, -0.2) is 8.78 Å². The fourth-order valence-electron chi connectivity index (χ4n) is 3.05. The maximum absolute atomic E-state index is 13.8. The summed E-state index contributed by atoms with van der Waals surface area (Å²) in [6.45, 7) is 4.03. The number of hydrogen-bond acceptors (Lipinski definition) is 4. The van der Waals surface area contributed by atoms with Crippen LogP contribution in [-0.2, 0) is 11.3 Å². The lowest BCUT2D eigenvalue weighted by atomic mass is 10.2. The molecule has 0 radical (unpaired) electrons. The van der Waals surface area contributed by atoms with E-state index in [2.05, 4.69) is 32.0 Å². The van der Waals surface area contributed by atoms with Crippen LogP contribution in [0.15, 0.2) is 40.7 Å². The second kappa shape index (κ2) is 9.77. The number of morpholine rings is 1. The summed E-state index contributed by atoms with van der Waals surface area (Å²) in [4.78, 5) is 7.86. The highest BCUT2D eigenvalue weighted by Gasteiger charge is 2.23. The number of ether oxygens (including phenoxy) is 1. The van der Waals surface area contributed by atoms with Crippen LogP contribution < -0.4 is 10.6 Å². The summed E-state index contributed by atoms with van der Waals surface area (Å²) in [6.07, 6.45) is 0. The van der Waals surface area contributed by atoms with E-state index in [-0.39, 0.29) is 18.2 Å². The zero-order chi connectivity index (χ0) is 19.1. The number of benzene rings is 1. The average molecular weight is 394 g/mol. The molecule has 5 nitrogen and oxygen atoms in total. The monoisotopic (exact) mass is 394 g/mol. The number of nitrogens with zero attached hydrogens (tertiary/aromatic N) is 2. The first-order valence-electron chi connectivity index (χ1n) is 8.91. The lowest BCUT2D eigenvalue weighted by Gasteiger charge is -2.34. The van der Waals surface area contributed by atoms with Gasteiger partial charge in [0.2, 0.25) is 0 Å². The minimum atomic E-state index is -0.457. The van der Waals surface area contributed by atoms with Crippen molar-refractivity contribution in [1.29, 1.82) is 0 Å². The van der Waals surface area contributed by atoms with Gasteiger partial charge >= 0.3 is 0 Å². The van der Waals surface area contributed by atoms with Gasteiger partial charge in [-0.2, -0.15) is 0 Å². The Balaban J connectivity index is 1.60. The van der Waals surface area contributed by atoms with Crippen molar-refractivity contribution in [3.63, 3.8) is 0 Å². The first kappa shape index (κ1) is 19.7. The lowest BCUT2D eigenvalue weighted by molar-refractivity contribution is 0.0177. The van der Waals surface area contributed by atoms with Crippen molar-refractivity contribution in [2.75, 3.05) is 39.9 Å². The minimum Gasteiger partial charge on any atom is -0.379 e. The van der Waals surface area contributed by atoms with E-state index in [1.807, 2.05) is 6.07 Å². The van der Waals surface area contributed by atoms with Gasteiger partial charge in [0.1, 0.15) is 11.6 Å². The molecule has 3 rings (SSSR count). The van der Waals surface area contributed by atoms with Gasteiger partial charge < -0.3 is 15.4 Å². The van der Waals surface area contributed by atoms with Crippen LogP contribution in [-0.4, -0.2) is 50.8 Å². The van der Waals surface area contributed by atoms with Crippen molar-refractivity contribution >= 4 is 17.3 Å². The summed E-state index contributed by atoms with van der Waals surface area (Å²) in [7, 11) is 1.66. The van der Waals surface area contributed by atoms with Gasteiger partial charge in [-0.1, -0.05) is 6.07 Å². The zero-order valence-corrected chi connectivity index (χ0v) is 16.1. The molecule has 146 valence electrons. The number of nitrogens with one attached hydrogen (secondary N) is 2. The molecule has 8 heteroatoms. The summed E-state index contributed by atoms with van der Waals surface area (Å²) >= 11 is 1.72. The number of thiophene rings is 1. The number of rotatable bonds is 6. The number of halogens is 2. The van der Waals surface area contributed by atoms with Crippen LogP contribution in [0.1, 0.15) is 16.5 Å². The van der Waals surface area contributed by atoms with E-state index in [0.29, 0.717) is 12.5 Å². The Morgan fingerprint density at radius 3 is 2.78 bits per heavy atom. The largest absolute Gasteiger partial charge is 0.379 e. The average Bonchev–Trinajstić information content (AvgIpc) is 3.22. The molecule has 0 amide bonds. The topological polar surface area (TPSA) is 48.9 Å². The van der Waals surface area contributed by atoms with E-state index >= 15 is 0 Å². The molecule has 1 aromatic carbocycles. The van der Waals surface area contributed by atoms with E-state index in [0.717, 1.165) is 38.4 Å². The molecule has 1 saturated heterocycles. The summed E-state index contributed by atoms with van der Waals surface area (Å²) in [6, 6.07) is 7.82. The fraction of sp³-hybridized carbons (Fsp3) is 0.421. The Bertz CT molecular complexity index is 748. The second-order valence-electron chi connectivity index (χ2n) is 6.22. The summed E-state index contributed by atoms with van der Waals surface area (Å²) in [5.74, 6) is -0.348. The molecule has 27 heavy (non-hydrogen) atoms. The summed E-state index contributed by atoms with van der Waals surface area (Å²) in [5.41, 5.74) is 0.265. The Morgan fingerprint density at radius 2 is 2.07 bits per heavy atom. The van der Waals surface area contributed by atoms with Crippen molar-refractivity contribution in [1.82, 2.24) is 15.5 Å². The highest BCUT2D eigenvalue weighted by Crippen LogP contribution is 2.25. The molecule has 1 aromatic heterocycles. The molecule has 0 spiro atoms. The molecule has 2 heterocycles. The van der Waals surface area contributed by atoms with Crippen molar-refractivity contribution in [3.05, 3.63) is 57.8 Å². The van der Waals surface area contributed by atoms with E-state index in [4.69, 9.17) is 4.74 Å². The minimum absolute atomic E-state index is 0.157. The van der Waals surface area contributed by atoms with E-state index < -0.39 is 11.6 Å². The van der Waals surface area contributed by atoms with Crippen LogP contribution in [0.4, 0.5) is 8.78 Å². The van der Waals surface area contributed by atoms with Gasteiger partial charge in [-0.15, -0.1) is 11.3 Å². The highest BCUT2D eigenvalue weighted by molar-refractivity contribution is 7.10. The van der Waals surface area contributed by atoms with Gasteiger partial charge in [0.25, 0.3) is 0 Å². The SMILES string of the molecule is CN=C(NCc1cc(F)ccc1F)NCC(c1cccs1)N1CCOCC1. The van der Waals surface area contributed by atoms with Crippen LogP contribution in [0.3, 0.4) is 0 Å². The quantitative estimate of drug-likeness (QED) is 0.584. The van der Waals surface area contributed by atoms with Crippen LogP contribution in [0.2, 0.25) is 0 Å². The standard InChI is InChI=1S/C19H24F2N4OS/c1-22-19(23-12-14-11-15(20)4-5-16(14)21)24-13-17(18-3-2-10-27-18)25-6-8-26-9-7-25/h2-5,10-11,17H,6-9,12-13H2,1H3,(H2,22,23,24). The second-order valence-corrected chi connectivity index (χ2v) is 7.20. The molecular weight excluding hydrogens is 370 g/mol. The van der Waals surface area contributed by atoms with Gasteiger partial charge in [0.15, 0.2) is 5.96 Å². The molecule has 1 aliphatic heterocycles. The Hall–Kier alpha value is -2.03. The van der Waals surface area contributed by atoms with E-state index in [9.17, 15) is 8.78 Å². The normalized spacial score (nSPS) is 16.9. The molecule has 0 aliphatic carbocycles. The first-order chi connectivity index (χ1) is 13.2. The fourth-order valence-corrected chi connectivity index (χ4v) is 3.91. The zero-order valence-electron chi connectivity index (χ0n) is 15.3. The van der Waals surface area contributed by atoms with Crippen LogP contribution in [0.25, 0.3) is 0 Å². The highest BCUT2D eigenvalue weighted by atomic mass is 32.1. The van der Waals surface area contributed by atoms with Gasteiger partial charge in [-0.3, -0.25) is 9.89 Å². The first-order valence-corrected chi connectivity index (χ1v) is 9.79. The Kier molecular flexibility index (Phi) is 7.14. The summed E-state index contributed by atoms with van der Waals surface area (Å²) in [5, 5.41) is 8.43. The molecule has 1 fully saturated rings. The Morgan fingerprint density at radius 1 is 1.26 bits per heavy atom.